The number of hydrogen-bond donors (Lipinski definition) is 0. The molecular formula is C19H29N3O2S. The van der Waals surface area contributed by atoms with Gasteiger partial charge in [-0.3, -0.25) is 4.79 Å². The second kappa shape index (κ2) is 10.6. The van der Waals surface area contributed by atoms with E-state index in [1.807, 2.05) is 37.1 Å². The van der Waals surface area contributed by atoms with E-state index in [2.05, 4.69) is 28.5 Å². The number of amides is 1. The van der Waals surface area contributed by atoms with Gasteiger partial charge in [0.05, 0.1) is 19.3 Å². The molecule has 0 bridgehead atoms. The number of carbonyl (C=O) groups excluding carboxylic acids is 1. The van der Waals surface area contributed by atoms with Crippen molar-refractivity contribution in [2.24, 2.45) is 11.0 Å². The molecule has 0 saturated carbocycles. The molecule has 2 rings (SSSR count). The Morgan fingerprint density at radius 2 is 2.20 bits per heavy atom. The molecular weight excluding hydrogens is 334 g/mol. The van der Waals surface area contributed by atoms with Gasteiger partial charge in [0.2, 0.25) is 5.91 Å². The lowest BCUT2D eigenvalue weighted by atomic mass is 9.95. The summed E-state index contributed by atoms with van der Waals surface area (Å²) in [5.41, 5.74) is 1.17. The van der Waals surface area contributed by atoms with Crippen molar-refractivity contribution in [2.45, 2.75) is 33.3 Å². The maximum Gasteiger partial charge on any atom is 0.239 e. The van der Waals surface area contributed by atoms with Crippen LogP contribution < -0.4 is 0 Å². The Morgan fingerprint density at radius 1 is 1.44 bits per heavy atom. The first-order valence-corrected chi connectivity index (χ1v) is 9.91. The molecule has 1 saturated heterocycles. The third-order valence-corrected chi connectivity index (χ3v) is 5.42. The van der Waals surface area contributed by atoms with Crippen LogP contribution in [0.15, 0.2) is 35.4 Å². The average molecular weight is 364 g/mol. The van der Waals surface area contributed by atoms with Crippen molar-refractivity contribution in [2.75, 3.05) is 32.0 Å². The van der Waals surface area contributed by atoms with E-state index in [1.54, 1.807) is 18.1 Å². The third kappa shape index (κ3) is 6.13. The minimum atomic E-state index is -0.0399. The van der Waals surface area contributed by atoms with Gasteiger partial charge in [-0.05, 0) is 18.9 Å². The molecule has 1 aliphatic rings. The predicted molar refractivity (Wildman–Crippen MR) is 105 cm³/mol. The summed E-state index contributed by atoms with van der Waals surface area (Å²) >= 11 is 1.87. The Labute approximate surface area is 155 Å². The zero-order valence-corrected chi connectivity index (χ0v) is 16.2. The zero-order chi connectivity index (χ0) is 18.1. The molecule has 0 radical (unpaired) electrons. The molecule has 1 fully saturated rings. The minimum Gasteiger partial charge on any atom is -0.372 e. The fourth-order valence-electron chi connectivity index (χ4n) is 2.99. The van der Waals surface area contributed by atoms with Crippen LogP contribution in [0.3, 0.4) is 0 Å². The summed E-state index contributed by atoms with van der Waals surface area (Å²) in [6.45, 7) is 8.63. The van der Waals surface area contributed by atoms with Crippen LogP contribution in [0.25, 0.3) is 0 Å². The molecule has 0 spiro atoms. The number of nitrogens with zero attached hydrogens (tertiary/aromatic N) is 3. The van der Waals surface area contributed by atoms with Crippen LogP contribution in [-0.4, -0.2) is 53.4 Å². The quantitative estimate of drug-likeness (QED) is 0.422. The van der Waals surface area contributed by atoms with E-state index in [1.165, 1.54) is 5.56 Å². The first kappa shape index (κ1) is 19.9. The van der Waals surface area contributed by atoms with Gasteiger partial charge in [-0.2, -0.15) is 5.10 Å². The predicted octanol–water partition coefficient (Wildman–Crippen LogP) is 3.59. The highest BCUT2D eigenvalue weighted by molar-refractivity contribution is 7.97. The van der Waals surface area contributed by atoms with Crippen LogP contribution in [0.5, 0.6) is 0 Å². The number of hydrazone groups is 1. The highest BCUT2D eigenvalue weighted by Crippen LogP contribution is 2.32. The van der Waals surface area contributed by atoms with Crippen molar-refractivity contribution in [3.8, 4) is 0 Å². The summed E-state index contributed by atoms with van der Waals surface area (Å²) < 4.78 is 8.61. The molecule has 1 aromatic carbocycles. The van der Waals surface area contributed by atoms with Crippen LogP contribution in [-0.2, 0) is 9.53 Å². The van der Waals surface area contributed by atoms with Crippen molar-refractivity contribution in [3.63, 3.8) is 0 Å². The monoisotopic (exact) mass is 363 g/mol. The van der Waals surface area contributed by atoms with Gasteiger partial charge in [0.1, 0.15) is 0 Å². The van der Waals surface area contributed by atoms with Gasteiger partial charge < -0.3 is 4.74 Å². The van der Waals surface area contributed by atoms with Gasteiger partial charge in [0.25, 0.3) is 0 Å². The van der Waals surface area contributed by atoms with Crippen molar-refractivity contribution in [3.05, 3.63) is 35.9 Å². The maximum absolute atomic E-state index is 11.9. The average Bonchev–Trinajstić information content (AvgIpc) is 2.82. The molecule has 1 amide bonds. The van der Waals surface area contributed by atoms with Crippen molar-refractivity contribution >= 4 is 24.1 Å². The standard InChI is InChI=1S/C19H29N3O2S/c1-4-13-25-21-11-12-24-19(17-9-7-6-8-10-17)18(14-21)15-22(16(3)23)20-5-2/h5-10,18-19H,4,11-15H2,1-3H3/b20-5-. The van der Waals surface area contributed by atoms with Gasteiger partial charge in [0, 0.05) is 37.9 Å². The van der Waals surface area contributed by atoms with Crippen LogP contribution in [0, 0.1) is 5.92 Å². The summed E-state index contributed by atoms with van der Waals surface area (Å²) in [5.74, 6) is 1.23. The van der Waals surface area contributed by atoms with Gasteiger partial charge >= 0.3 is 0 Å². The van der Waals surface area contributed by atoms with Crippen molar-refractivity contribution in [1.29, 1.82) is 0 Å². The minimum absolute atomic E-state index is 0.0256. The Morgan fingerprint density at radius 3 is 2.84 bits per heavy atom. The number of benzene rings is 1. The van der Waals surface area contributed by atoms with E-state index in [0.717, 1.165) is 25.3 Å². The first-order valence-electron chi connectivity index (χ1n) is 8.96. The van der Waals surface area contributed by atoms with E-state index < -0.39 is 0 Å². The van der Waals surface area contributed by atoms with Crippen LogP contribution in [0.1, 0.15) is 38.9 Å². The molecule has 1 heterocycles. The van der Waals surface area contributed by atoms with Crippen LogP contribution in [0.2, 0.25) is 0 Å². The molecule has 0 aromatic heterocycles. The van der Waals surface area contributed by atoms with Crippen LogP contribution >= 0.6 is 11.9 Å². The third-order valence-electron chi connectivity index (χ3n) is 4.14. The molecule has 0 N–H and O–H groups in total. The van der Waals surface area contributed by atoms with E-state index in [-0.39, 0.29) is 17.9 Å². The molecule has 5 nitrogen and oxygen atoms in total. The summed E-state index contributed by atoms with van der Waals surface area (Å²) in [5, 5.41) is 5.80. The Hall–Kier alpha value is -1.37. The molecule has 0 aliphatic carbocycles. The van der Waals surface area contributed by atoms with Crippen molar-refractivity contribution < 1.29 is 9.53 Å². The summed E-state index contributed by atoms with van der Waals surface area (Å²) in [4.78, 5) is 11.9. The molecule has 2 atom stereocenters. The molecule has 1 aromatic rings. The smallest absolute Gasteiger partial charge is 0.239 e. The Balaban J connectivity index is 2.21. The lowest BCUT2D eigenvalue weighted by Gasteiger charge is -2.30. The summed E-state index contributed by atoms with van der Waals surface area (Å²) in [7, 11) is 0. The van der Waals surface area contributed by atoms with Gasteiger partial charge in [0.15, 0.2) is 0 Å². The summed E-state index contributed by atoms with van der Waals surface area (Å²) in [6, 6.07) is 10.3. The lowest BCUT2D eigenvalue weighted by molar-refractivity contribution is -0.130. The molecule has 138 valence electrons. The fourth-order valence-corrected chi connectivity index (χ4v) is 3.93. The fraction of sp³-hybridized carbons (Fsp3) is 0.579. The number of hydrogen-bond acceptors (Lipinski definition) is 5. The molecule has 1 aliphatic heterocycles. The topological polar surface area (TPSA) is 45.1 Å². The van der Waals surface area contributed by atoms with Crippen LogP contribution in [0.4, 0.5) is 0 Å². The highest BCUT2D eigenvalue weighted by Gasteiger charge is 2.31. The van der Waals surface area contributed by atoms with Crippen molar-refractivity contribution in [1.82, 2.24) is 9.31 Å². The molecule has 2 unspecified atom stereocenters. The SMILES string of the molecule is C/C=N\N(CC1CN(SCCC)CCOC1c1ccccc1)C(C)=O. The molecule has 6 heteroatoms. The van der Waals surface area contributed by atoms with Gasteiger partial charge in [-0.1, -0.05) is 49.2 Å². The van der Waals surface area contributed by atoms with Gasteiger partial charge in [-0.25, -0.2) is 9.31 Å². The number of rotatable bonds is 7. The maximum atomic E-state index is 11.9. The van der Waals surface area contributed by atoms with E-state index in [4.69, 9.17) is 4.74 Å². The number of carbonyl (C=O) groups is 1. The lowest BCUT2D eigenvalue weighted by Crippen LogP contribution is -2.36. The van der Waals surface area contributed by atoms with E-state index in [9.17, 15) is 4.79 Å². The first-order chi connectivity index (χ1) is 12.2. The van der Waals surface area contributed by atoms with E-state index >= 15 is 0 Å². The normalized spacial score (nSPS) is 22.0. The Kier molecular flexibility index (Phi) is 8.44. The second-order valence-corrected chi connectivity index (χ2v) is 7.34. The number of ether oxygens (including phenoxy) is 1. The largest absolute Gasteiger partial charge is 0.372 e. The second-order valence-electron chi connectivity index (χ2n) is 6.16. The highest BCUT2D eigenvalue weighted by atomic mass is 32.2. The zero-order valence-electron chi connectivity index (χ0n) is 15.4. The van der Waals surface area contributed by atoms with E-state index in [0.29, 0.717) is 13.2 Å². The summed E-state index contributed by atoms with van der Waals surface area (Å²) in [6.07, 6.45) is 2.79. The van der Waals surface area contributed by atoms with Gasteiger partial charge in [-0.15, -0.1) is 0 Å². The Bertz CT molecular complexity index is 553. The molecule has 25 heavy (non-hydrogen) atoms.